The summed E-state index contributed by atoms with van der Waals surface area (Å²) in [7, 11) is -3.93. The van der Waals surface area contributed by atoms with E-state index in [1.165, 1.54) is 17.9 Å². The van der Waals surface area contributed by atoms with E-state index < -0.39 is 73.8 Å². The molecule has 2 heterocycles. The lowest BCUT2D eigenvalue weighted by atomic mass is 9.85. The van der Waals surface area contributed by atoms with Gasteiger partial charge in [0, 0.05) is 23.4 Å². The molecule has 1 saturated carbocycles. The molecule has 2 aliphatic rings. The smallest absolute Gasteiger partial charge is 0.408 e. The van der Waals surface area contributed by atoms with Crippen LogP contribution in [-0.4, -0.2) is 89.0 Å². The van der Waals surface area contributed by atoms with Crippen LogP contribution in [0.1, 0.15) is 87.5 Å². The van der Waals surface area contributed by atoms with E-state index in [2.05, 4.69) is 33.8 Å². The van der Waals surface area contributed by atoms with Gasteiger partial charge in [-0.05, 0) is 82.7 Å². The highest BCUT2D eigenvalue weighted by Gasteiger charge is 2.49. The summed E-state index contributed by atoms with van der Waals surface area (Å²) in [5.41, 5.74) is -3.37. The van der Waals surface area contributed by atoms with Crippen molar-refractivity contribution in [2.24, 2.45) is 5.41 Å². The first-order chi connectivity index (χ1) is 24.6. The summed E-state index contributed by atoms with van der Waals surface area (Å²) in [5, 5.41) is 6.74. The number of ether oxygens (including phenoxy) is 2. The molecule has 0 radical (unpaired) electrons. The summed E-state index contributed by atoms with van der Waals surface area (Å²) < 4.78 is 39.6. The molecule has 3 N–H and O–H groups in total. The summed E-state index contributed by atoms with van der Waals surface area (Å²) >= 11 is 8.02. The molecule has 2 fully saturated rings. The first-order valence-corrected chi connectivity index (χ1v) is 20.7. The number of nitrogens with one attached hydrogen (secondary N) is 3. The summed E-state index contributed by atoms with van der Waals surface area (Å²) in [6.07, 6.45) is 3.25. The molecule has 0 spiro atoms. The minimum absolute atomic E-state index is 0.0278. The van der Waals surface area contributed by atoms with Crippen LogP contribution >= 0.6 is 23.4 Å². The van der Waals surface area contributed by atoms with Gasteiger partial charge in [-0.15, -0.1) is 18.3 Å². The average molecular weight is 794 g/mol. The van der Waals surface area contributed by atoms with Gasteiger partial charge in [0.2, 0.25) is 21.8 Å². The third-order valence-corrected chi connectivity index (χ3v) is 12.3. The van der Waals surface area contributed by atoms with Gasteiger partial charge in [-0.25, -0.2) is 18.2 Å². The minimum Gasteiger partial charge on any atom is -0.487 e. The molecule has 0 bridgehead atoms. The number of benzene rings is 1. The Morgan fingerprint density at radius 2 is 1.77 bits per heavy atom. The van der Waals surface area contributed by atoms with E-state index in [4.69, 9.17) is 21.1 Å². The lowest BCUT2D eigenvalue weighted by Gasteiger charge is -2.36. The number of pyridine rings is 1. The molecular formula is C37H52ClN5O8S2. The van der Waals surface area contributed by atoms with Gasteiger partial charge in [-0.1, -0.05) is 45.4 Å². The Bertz CT molecular complexity index is 1840. The van der Waals surface area contributed by atoms with E-state index in [1.807, 2.05) is 12.1 Å². The van der Waals surface area contributed by atoms with Crippen LogP contribution in [0.2, 0.25) is 5.15 Å². The number of thioether (sulfide) groups is 1. The number of alkyl carbamates (subject to hydrolysis) is 1. The van der Waals surface area contributed by atoms with Crippen LogP contribution in [-0.2, 0) is 29.1 Å². The van der Waals surface area contributed by atoms with Gasteiger partial charge in [0.15, 0.2) is 0 Å². The summed E-state index contributed by atoms with van der Waals surface area (Å²) in [5.74, 6) is -0.841. The number of carbonyl (C=O) groups is 4. The lowest BCUT2D eigenvalue weighted by Crippen LogP contribution is -2.62. The van der Waals surface area contributed by atoms with Gasteiger partial charge in [0.1, 0.15) is 40.2 Å². The van der Waals surface area contributed by atoms with E-state index in [0.29, 0.717) is 23.7 Å². The second-order valence-electron chi connectivity index (χ2n) is 15.9. The van der Waals surface area contributed by atoms with Gasteiger partial charge >= 0.3 is 6.09 Å². The van der Waals surface area contributed by atoms with Crippen LogP contribution in [0.25, 0.3) is 10.8 Å². The molecule has 4 amide bonds. The minimum atomic E-state index is -3.93. The summed E-state index contributed by atoms with van der Waals surface area (Å²) in [4.78, 5) is 61.7. The molecule has 1 aliphatic carbocycles. The fourth-order valence-corrected chi connectivity index (χ4v) is 8.59. The van der Waals surface area contributed by atoms with Crippen molar-refractivity contribution in [3.63, 3.8) is 0 Å². The van der Waals surface area contributed by atoms with E-state index in [1.54, 1.807) is 65.6 Å². The Balaban J connectivity index is 1.71. The first kappa shape index (κ1) is 42.2. The molecule has 4 rings (SSSR count). The SMILES string of the molecule is C=CC[C@](C)(NC(=O)[C@@H]1C[C@@H](Oc2ccc3c(Cl)nccc3c2SCCC)CN1C(=O)[C@@H](NC(=O)OC(C)(C)C)C(C)(C)C)C(=O)NS(=O)(=O)C1CC1. The maximum atomic E-state index is 14.5. The topological polar surface area (TPSA) is 173 Å². The molecule has 292 valence electrons. The van der Waals surface area contributed by atoms with Crippen LogP contribution in [0.5, 0.6) is 5.75 Å². The third-order valence-electron chi connectivity index (χ3n) is 8.83. The highest BCUT2D eigenvalue weighted by molar-refractivity contribution is 7.99. The van der Waals surface area contributed by atoms with E-state index in [-0.39, 0.29) is 19.4 Å². The summed E-state index contributed by atoms with van der Waals surface area (Å²) in [6, 6.07) is 3.18. The molecule has 1 aromatic heterocycles. The van der Waals surface area contributed by atoms with E-state index in [9.17, 15) is 27.6 Å². The molecular weight excluding hydrogens is 742 g/mol. The number of sulfonamides is 1. The Morgan fingerprint density at radius 3 is 2.36 bits per heavy atom. The number of fused-ring (bicyclic) bond motifs is 1. The van der Waals surface area contributed by atoms with E-state index in [0.717, 1.165) is 27.8 Å². The van der Waals surface area contributed by atoms with Crippen LogP contribution in [0, 0.1) is 5.41 Å². The van der Waals surface area contributed by atoms with Gasteiger partial charge in [0.05, 0.1) is 16.7 Å². The molecule has 16 heteroatoms. The molecule has 53 heavy (non-hydrogen) atoms. The number of nitrogens with zero attached hydrogens (tertiary/aromatic N) is 2. The van der Waals surface area contributed by atoms with Crippen molar-refractivity contribution in [3.8, 4) is 5.75 Å². The largest absolute Gasteiger partial charge is 0.487 e. The van der Waals surface area contributed by atoms with Gasteiger partial charge in [-0.2, -0.15) is 0 Å². The monoisotopic (exact) mass is 793 g/mol. The molecule has 13 nitrogen and oxygen atoms in total. The highest BCUT2D eigenvalue weighted by Crippen LogP contribution is 2.40. The van der Waals surface area contributed by atoms with Crippen LogP contribution in [0.15, 0.2) is 41.9 Å². The highest BCUT2D eigenvalue weighted by atomic mass is 35.5. The fraction of sp³-hybridized carbons (Fsp3) is 0.595. The second kappa shape index (κ2) is 16.4. The molecule has 1 aliphatic heterocycles. The van der Waals surface area contributed by atoms with Crippen molar-refractivity contribution in [1.82, 2.24) is 25.2 Å². The van der Waals surface area contributed by atoms with Crippen molar-refractivity contribution in [1.29, 1.82) is 0 Å². The Hall–Kier alpha value is -3.56. The zero-order chi connectivity index (χ0) is 39.5. The van der Waals surface area contributed by atoms with Gasteiger partial charge in [0.25, 0.3) is 5.91 Å². The van der Waals surface area contributed by atoms with Crippen molar-refractivity contribution >= 4 is 68.0 Å². The number of aromatic nitrogens is 1. The standard InChI is InChI=1S/C37H52ClN5O8S2/c1-10-17-37(9,33(46)42-53(48,49)23-12-13-23)41-31(44)26-20-22(21-43(26)32(45)29(35(3,4)5)40-34(47)51-36(6,7)8)50-27-15-14-25-24(16-18-39-30(25)38)28(27)52-19-11-2/h10,14-16,18,22-23,26,29H,1,11-13,17,19-21H2,2-9H3,(H,40,47)(H,41,44)(H,42,46)/t22-,26+,29-,37+/m1/s1. The Kier molecular flexibility index (Phi) is 13.1. The number of likely N-dealkylation sites (tertiary alicyclic amines) is 1. The fourth-order valence-electron chi connectivity index (χ4n) is 5.96. The molecule has 1 aromatic carbocycles. The normalized spacial score (nSPS) is 19.5. The molecule has 4 atom stereocenters. The average Bonchev–Trinajstić information content (AvgIpc) is 3.82. The number of rotatable bonds is 14. The Labute approximate surface area is 321 Å². The van der Waals surface area contributed by atoms with Crippen molar-refractivity contribution in [2.75, 3.05) is 12.3 Å². The van der Waals surface area contributed by atoms with Crippen LogP contribution in [0.3, 0.4) is 0 Å². The Morgan fingerprint density at radius 1 is 1.09 bits per heavy atom. The number of halogens is 1. The number of amides is 4. The second-order valence-corrected chi connectivity index (χ2v) is 19.3. The van der Waals surface area contributed by atoms with Gasteiger partial charge < -0.3 is 25.0 Å². The third kappa shape index (κ3) is 10.6. The molecule has 2 aromatic rings. The zero-order valence-electron chi connectivity index (χ0n) is 31.7. The van der Waals surface area contributed by atoms with Gasteiger partial charge in [-0.3, -0.25) is 19.1 Å². The maximum Gasteiger partial charge on any atom is 0.408 e. The van der Waals surface area contributed by atoms with Crippen molar-refractivity contribution < 1.29 is 37.1 Å². The number of hydrogen-bond acceptors (Lipinski definition) is 10. The zero-order valence-corrected chi connectivity index (χ0v) is 34.1. The predicted octanol–water partition coefficient (Wildman–Crippen LogP) is 5.74. The van der Waals surface area contributed by atoms with E-state index >= 15 is 0 Å². The van der Waals surface area contributed by atoms with Crippen molar-refractivity contribution in [3.05, 3.63) is 42.2 Å². The number of hydrogen-bond donors (Lipinski definition) is 3. The molecule has 1 saturated heterocycles. The van der Waals surface area contributed by atoms with Crippen molar-refractivity contribution in [2.45, 2.75) is 127 Å². The summed E-state index contributed by atoms with van der Waals surface area (Å²) in [6.45, 7) is 17.6. The molecule has 0 unspecified atom stereocenters. The predicted molar refractivity (Wildman–Crippen MR) is 206 cm³/mol. The quantitative estimate of drug-likeness (QED) is 0.122. The number of carbonyl (C=O) groups excluding carboxylic acids is 4. The van der Waals surface area contributed by atoms with Crippen LogP contribution < -0.4 is 20.1 Å². The van der Waals surface area contributed by atoms with Crippen LogP contribution in [0.4, 0.5) is 4.79 Å². The lowest BCUT2D eigenvalue weighted by molar-refractivity contribution is -0.143. The maximum absolute atomic E-state index is 14.5. The first-order valence-electron chi connectivity index (χ1n) is 17.8.